The second-order valence-corrected chi connectivity index (χ2v) is 6.81. The third kappa shape index (κ3) is 5.87. The van der Waals surface area contributed by atoms with Crippen molar-refractivity contribution < 1.29 is 9.47 Å². The molecule has 0 aliphatic heterocycles. The third-order valence-electron chi connectivity index (χ3n) is 4.62. The molecule has 0 spiro atoms. The van der Waals surface area contributed by atoms with Crippen LogP contribution in [0.2, 0.25) is 0 Å². The van der Waals surface area contributed by atoms with Gasteiger partial charge in [-0.05, 0) is 44.4 Å². The Kier molecular flexibility index (Phi) is 7.53. The van der Waals surface area contributed by atoms with Crippen molar-refractivity contribution in [1.29, 1.82) is 0 Å². The number of rotatable bonds is 8. The Bertz CT molecular complexity index is 755. The van der Waals surface area contributed by atoms with Gasteiger partial charge in [-0.25, -0.2) is 9.98 Å². The number of nitrogens with one attached hydrogen (secondary N) is 2. The summed E-state index contributed by atoms with van der Waals surface area (Å²) in [5, 5.41) is 6.85. The maximum Gasteiger partial charge on any atom is 0.219 e. The summed E-state index contributed by atoms with van der Waals surface area (Å²) in [5.74, 6) is 2.79. The van der Waals surface area contributed by atoms with Gasteiger partial charge in [-0.1, -0.05) is 31.0 Å². The number of guanidine groups is 1. The maximum atomic E-state index is 5.87. The molecule has 0 radical (unpaired) electrons. The van der Waals surface area contributed by atoms with Gasteiger partial charge in [0.15, 0.2) is 17.5 Å². The first-order valence-corrected chi connectivity index (χ1v) is 10.2. The summed E-state index contributed by atoms with van der Waals surface area (Å²) >= 11 is 0. The summed E-state index contributed by atoms with van der Waals surface area (Å²) in [5.41, 5.74) is 1.04. The molecule has 0 bridgehead atoms. The molecular formula is C22H30N4O2. The van der Waals surface area contributed by atoms with Crippen LogP contribution in [-0.4, -0.2) is 30.1 Å². The number of ether oxygens (including phenoxy) is 2. The second kappa shape index (κ2) is 10.5. The van der Waals surface area contributed by atoms with Crippen molar-refractivity contribution in [3.8, 4) is 17.4 Å². The summed E-state index contributed by atoms with van der Waals surface area (Å²) in [7, 11) is 0. The lowest BCUT2D eigenvalue weighted by molar-refractivity contribution is 0.319. The molecule has 1 heterocycles. The van der Waals surface area contributed by atoms with Crippen LogP contribution in [0, 0.1) is 0 Å². The van der Waals surface area contributed by atoms with Gasteiger partial charge in [0.05, 0.1) is 13.2 Å². The van der Waals surface area contributed by atoms with E-state index in [2.05, 4.69) is 22.5 Å². The summed E-state index contributed by atoms with van der Waals surface area (Å²) in [4.78, 5) is 9.11. The molecule has 1 aromatic heterocycles. The molecule has 0 amide bonds. The maximum absolute atomic E-state index is 5.87. The van der Waals surface area contributed by atoms with Gasteiger partial charge in [-0.2, -0.15) is 0 Å². The predicted octanol–water partition coefficient (Wildman–Crippen LogP) is 4.27. The van der Waals surface area contributed by atoms with Crippen LogP contribution in [0.1, 0.15) is 45.1 Å². The average molecular weight is 383 g/mol. The van der Waals surface area contributed by atoms with Gasteiger partial charge in [0.1, 0.15) is 0 Å². The number of hydrogen-bond acceptors (Lipinski definition) is 4. The number of benzene rings is 1. The molecule has 0 saturated heterocycles. The van der Waals surface area contributed by atoms with E-state index >= 15 is 0 Å². The third-order valence-corrected chi connectivity index (χ3v) is 4.62. The Balaban J connectivity index is 1.60. The minimum Gasteiger partial charge on any atom is -0.490 e. The quantitative estimate of drug-likeness (QED) is 0.527. The van der Waals surface area contributed by atoms with Gasteiger partial charge in [-0.15, -0.1) is 0 Å². The van der Waals surface area contributed by atoms with Crippen LogP contribution in [0.4, 0.5) is 0 Å². The Hall–Kier alpha value is -2.76. The Morgan fingerprint density at radius 3 is 2.57 bits per heavy atom. The van der Waals surface area contributed by atoms with Crippen LogP contribution in [0.15, 0.2) is 47.6 Å². The summed E-state index contributed by atoms with van der Waals surface area (Å²) in [6, 6.07) is 12.0. The van der Waals surface area contributed by atoms with Gasteiger partial charge in [-0.3, -0.25) is 0 Å². The van der Waals surface area contributed by atoms with E-state index in [1.165, 1.54) is 25.7 Å². The zero-order valence-electron chi connectivity index (χ0n) is 16.8. The lowest BCUT2D eigenvalue weighted by Crippen LogP contribution is -2.42. The molecule has 6 heteroatoms. The molecule has 1 fully saturated rings. The molecule has 1 aliphatic rings. The number of pyridine rings is 1. The molecule has 0 unspecified atom stereocenters. The number of aliphatic imine (C=N–C) groups is 1. The van der Waals surface area contributed by atoms with Crippen LogP contribution < -0.4 is 20.1 Å². The van der Waals surface area contributed by atoms with E-state index in [-0.39, 0.29) is 0 Å². The molecule has 6 nitrogen and oxygen atoms in total. The number of aromatic nitrogens is 1. The molecule has 2 N–H and O–H groups in total. The van der Waals surface area contributed by atoms with E-state index in [9.17, 15) is 0 Å². The van der Waals surface area contributed by atoms with Crippen molar-refractivity contribution >= 4 is 5.96 Å². The summed E-state index contributed by atoms with van der Waals surface area (Å²) in [6.45, 7) is 6.05. The SMILES string of the molecule is CCNC(=NCc1ccc(Oc2ccccc2OCC)nc1)NC1CCCC1. The molecule has 1 saturated carbocycles. The number of para-hydroxylation sites is 2. The van der Waals surface area contributed by atoms with Crippen LogP contribution in [0.3, 0.4) is 0 Å². The van der Waals surface area contributed by atoms with E-state index in [0.717, 1.165) is 18.1 Å². The fourth-order valence-corrected chi connectivity index (χ4v) is 3.24. The van der Waals surface area contributed by atoms with Crippen molar-refractivity contribution in [1.82, 2.24) is 15.6 Å². The van der Waals surface area contributed by atoms with Gasteiger partial charge in [0.2, 0.25) is 5.88 Å². The van der Waals surface area contributed by atoms with Crippen molar-refractivity contribution in [2.24, 2.45) is 4.99 Å². The Labute approximate surface area is 167 Å². The van der Waals surface area contributed by atoms with Crippen LogP contribution >= 0.6 is 0 Å². The van der Waals surface area contributed by atoms with E-state index < -0.39 is 0 Å². The molecule has 2 aromatic rings. The minimum atomic E-state index is 0.538. The van der Waals surface area contributed by atoms with E-state index in [0.29, 0.717) is 36.6 Å². The van der Waals surface area contributed by atoms with E-state index in [4.69, 9.17) is 14.5 Å². The molecule has 28 heavy (non-hydrogen) atoms. The lowest BCUT2D eigenvalue weighted by atomic mass is 10.2. The Morgan fingerprint density at radius 2 is 1.89 bits per heavy atom. The van der Waals surface area contributed by atoms with E-state index in [1.807, 2.05) is 43.3 Å². The van der Waals surface area contributed by atoms with E-state index in [1.54, 1.807) is 6.20 Å². The molecule has 0 atom stereocenters. The summed E-state index contributed by atoms with van der Waals surface area (Å²) < 4.78 is 11.5. The average Bonchev–Trinajstić information content (AvgIpc) is 3.22. The molecule has 1 aromatic carbocycles. The minimum absolute atomic E-state index is 0.538. The van der Waals surface area contributed by atoms with Crippen molar-refractivity contribution in [2.45, 2.75) is 52.1 Å². The summed E-state index contributed by atoms with van der Waals surface area (Å²) in [6.07, 6.45) is 6.85. The van der Waals surface area contributed by atoms with Gasteiger partial charge >= 0.3 is 0 Å². The first-order chi connectivity index (χ1) is 13.8. The van der Waals surface area contributed by atoms with Crippen LogP contribution in [0.5, 0.6) is 17.4 Å². The highest BCUT2D eigenvalue weighted by Crippen LogP contribution is 2.30. The second-order valence-electron chi connectivity index (χ2n) is 6.81. The molecular weight excluding hydrogens is 352 g/mol. The number of nitrogens with zero attached hydrogens (tertiary/aromatic N) is 2. The van der Waals surface area contributed by atoms with Crippen LogP contribution in [-0.2, 0) is 6.54 Å². The highest BCUT2D eigenvalue weighted by atomic mass is 16.5. The fraction of sp³-hybridized carbons (Fsp3) is 0.455. The van der Waals surface area contributed by atoms with Gasteiger partial charge in [0, 0.05) is 24.8 Å². The van der Waals surface area contributed by atoms with Crippen molar-refractivity contribution in [3.63, 3.8) is 0 Å². The standard InChI is InChI=1S/C22H30N4O2/c1-3-23-22(26-18-9-5-6-10-18)25-16-17-13-14-21(24-15-17)28-20-12-8-7-11-19(20)27-4-2/h7-8,11-15,18H,3-6,9-10,16H2,1-2H3,(H2,23,25,26). The smallest absolute Gasteiger partial charge is 0.219 e. The first kappa shape index (κ1) is 20.0. The van der Waals surface area contributed by atoms with Crippen LogP contribution in [0.25, 0.3) is 0 Å². The molecule has 1 aliphatic carbocycles. The number of hydrogen-bond donors (Lipinski definition) is 2. The van der Waals surface area contributed by atoms with Crippen molar-refractivity contribution in [3.05, 3.63) is 48.2 Å². The predicted molar refractivity (Wildman–Crippen MR) is 112 cm³/mol. The highest BCUT2D eigenvalue weighted by molar-refractivity contribution is 5.80. The topological polar surface area (TPSA) is 67.8 Å². The van der Waals surface area contributed by atoms with Crippen molar-refractivity contribution in [2.75, 3.05) is 13.2 Å². The zero-order valence-corrected chi connectivity index (χ0v) is 16.8. The van der Waals surface area contributed by atoms with Gasteiger partial charge < -0.3 is 20.1 Å². The lowest BCUT2D eigenvalue weighted by Gasteiger charge is -2.16. The monoisotopic (exact) mass is 382 g/mol. The fourth-order valence-electron chi connectivity index (χ4n) is 3.24. The zero-order chi connectivity index (χ0) is 19.6. The largest absolute Gasteiger partial charge is 0.490 e. The molecule has 150 valence electrons. The molecule has 3 rings (SSSR count). The Morgan fingerprint density at radius 1 is 1.11 bits per heavy atom. The normalized spacial score (nSPS) is 14.7. The first-order valence-electron chi connectivity index (χ1n) is 10.2. The van der Waals surface area contributed by atoms with Gasteiger partial charge in [0.25, 0.3) is 0 Å². The highest BCUT2D eigenvalue weighted by Gasteiger charge is 2.15.